The lowest BCUT2D eigenvalue weighted by molar-refractivity contribution is -0.161. The van der Waals surface area contributed by atoms with Crippen LogP contribution in [0.3, 0.4) is 0 Å². The number of carbonyl (C=O) groups excluding carboxylic acids is 3. The fraction of sp³-hybridized carbons (Fsp3) is 0.622. The van der Waals surface area contributed by atoms with E-state index >= 15 is 0 Å². The van der Waals surface area contributed by atoms with Crippen LogP contribution in [0.25, 0.3) is 0 Å². The zero-order chi connectivity index (χ0) is 41.2. The quantitative estimate of drug-likeness (QED) is 0.0154. The van der Waals surface area contributed by atoms with Gasteiger partial charge in [-0.05, 0) is 76.7 Å². The fourth-order valence-corrected chi connectivity index (χ4v) is 5.83. The fourth-order valence-electron chi connectivity index (χ4n) is 5.07. The van der Waals surface area contributed by atoms with Crippen molar-refractivity contribution in [2.45, 2.75) is 155 Å². The summed E-state index contributed by atoms with van der Waals surface area (Å²) in [6.45, 7) is 3.40. The van der Waals surface area contributed by atoms with Gasteiger partial charge in [0.05, 0.1) is 13.2 Å². The molecule has 0 rings (SSSR count). The number of rotatable bonds is 38. The predicted molar refractivity (Wildman–Crippen MR) is 229 cm³/mol. The van der Waals surface area contributed by atoms with E-state index in [1.54, 1.807) is 6.08 Å². The van der Waals surface area contributed by atoms with E-state index in [0.29, 0.717) is 19.3 Å². The monoisotopic (exact) mass is 804 g/mol. The van der Waals surface area contributed by atoms with Gasteiger partial charge in [-0.3, -0.25) is 23.4 Å². The summed E-state index contributed by atoms with van der Waals surface area (Å²) in [6.07, 6.45) is 45.9. The van der Waals surface area contributed by atoms with Crippen LogP contribution in [0.2, 0.25) is 0 Å². The molecule has 0 saturated heterocycles. The summed E-state index contributed by atoms with van der Waals surface area (Å²) in [5.41, 5.74) is 5.33. The number of phosphoric acid groups is 1. The number of carbonyl (C=O) groups is 3. The van der Waals surface area contributed by atoms with Gasteiger partial charge in [-0.15, -0.1) is 0 Å². The molecular weight excluding hydrogens is 729 g/mol. The molecule has 11 heteroatoms. The lowest BCUT2D eigenvalue weighted by atomic mass is 10.1. The van der Waals surface area contributed by atoms with Gasteiger partial charge in [0.15, 0.2) is 11.9 Å². The van der Waals surface area contributed by atoms with Crippen molar-refractivity contribution < 1.29 is 42.4 Å². The molecule has 0 spiro atoms. The molecule has 3 N–H and O–H groups in total. The maximum atomic E-state index is 12.5. The Morgan fingerprint density at radius 3 is 1.71 bits per heavy atom. The lowest BCUT2D eigenvalue weighted by Crippen LogP contribution is -2.29. The molecule has 0 radical (unpaired) electrons. The number of nitrogens with two attached hydrogens (primary N) is 1. The summed E-state index contributed by atoms with van der Waals surface area (Å²) < 4.78 is 32.6. The third-order valence-corrected chi connectivity index (χ3v) is 9.23. The van der Waals surface area contributed by atoms with Crippen LogP contribution in [0.1, 0.15) is 149 Å². The van der Waals surface area contributed by atoms with E-state index < -0.39 is 32.5 Å². The topological polar surface area (TPSA) is 151 Å². The molecule has 56 heavy (non-hydrogen) atoms. The van der Waals surface area contributed by atoms with Gasteiger partial charge in [0, 0.05) is 25.8 Å². The second-order valence-electron chi connectivity index (χ2n) is 13.5. The minimum absolute atomic E-state index is 0.0203. The van der Waals surface area contributed by atoms with Crippen LogP contribution in [0.4, 0.5) is 0 Å². The van der Waals surface area contributed by atoms with Crippen molar-refractivity contribution in [3.05, 3.63) is 85.1 Å². The lowest BCUT2D eigenvalue weighted by Gasteiger charge is -2.19. The highest BCUT2D eigenvalue weighted by Gasteiger charge is 2.25. The largest absolute Gasteiger partial charge is 0.472 e. The Labute approximate surface area is 339 Å². The molecule has 0 aliphatic carbocycles. The second-order valence-corrected chi connectivity index (χ2v) is 15.0. The second kappa shape index (κ2) is 40.1. The van der Waals surface area contributed by atoms with Gasteiger partial charge in [-0.25, -0.2) is 4.57 Å². The number of hydrogen-bond acceptors (Lipinski definition) is 9. The van der Waals surface area contributed by atoms with Crippen LogP contribution in [-0.4, -0.2) is 55.1 Å². The molecule has 0 amide bonds. The van der Waals surface area contributed by atoms with Gasteiger partial charge in [-0.1, -0.05) is 138 Å². The Morgan fingerprint density at radius 2 is 1.12 bits per heavy atom. The normalized spacial score (nSPS) is 14.1. The number of unbranched alkanes of at least 4 members (excludes halogenated alkanes) is 10. The van der Waals surface area contributed by atoms with Crippen molar-refractivity contribution in [2.75, 3.05) is 26.4 Å². The van der Waals surface area contributed by atoms with Crippen LogP contribution < -0.4 is 5.73 Å². The smallest absolute Gasteiger partial charge is 0.462 e. The van der Waals surface area contributed by atoms with Gasteiger partial charge < -0.3 is 20.1 Å². The molecule has 2 atom stereocenters. The summed E-state index contributed by atoms with van der Waals surface area (Å²) in [4.78, 5) is 46.8. The number of ether oxygens (including phenoxy) is 2. The van der Waals surface area contributed by atoms with Crippen LogP contribution in [0.15, 0.2) is 85.1 Å². The number of allylic oxidation sites excluding steroid dienone is 14. The first kappa shape index (κ1) is 52.9. The van der Waals surface area contributed by atoms with Crippen LogP contribution in [0.5, 0.6) is 0 Å². The highest BCUT2D eigenvalue weighted by Crippen LogP contribution is 2.43. The van der Waals surface area contributed by atoms with Gasteiger partial charge >= 0.3 is 19.8 Å². The third kappa shape index (κ3) is 39.1. The first-order chi connectivity index (χ1) is 27.2. The first-order valence-electron chi connectivity index (χ1n) is 21.0. The maximum absolute atomic E-state index is 12.5. The molecule has 1 unspecified atom stereocenters. The minimum atomic E-state index is -4.43. The Bertz CT molecular complexity index is 1250. The standard InChI is InChI=1S/C45H74NO9P/c1-3-5-7-9-11-12-13-14-15-16-17-18-19-20-21-22-24-28-33-37-45(49)55-43(41-54-56(50,51)53-39-38-46)40-52-44(48)36-32-29-25-27-31-35-42(47)34-30-26-23-10-8-6-4-2/h11-12,14-15,17-18,20-21,23-24,26,28,30,34,43H,3-10,13,16,19,22,25,27,29,31-33,35-41,46H2,1-2H3,(H,50,51)/b12-11-,15-14-,18-17-,21-20-,26-23-,28-24-,34-30+/t43-/m1/s1. The van der Waals surface area contributed by atoms with E-state index in [-0.39, 0.29) is 38.4 Å². The van der Waals surface area contributed by atoms with Gasteiger partial charge in [0.25, 0.3) is 0 Å². The van der Waals surface area contributed by atoms with E-state index in [9.17, 15) is 23.8 Å². The van der Waals surface area contributed by atoms with E-state index in [2.05, 4.69) is 68.5 Å². The van der Waals surface area contributed by atoms with E-state index in [1.165, 1.54) is 44.9 Å². The molecule has 318 valence electrons. The summed E-state index contributed by atoms with van der Waals surface area (Å²) in [6, 6.07) is 0. The summed E-state index contributed by atoms with van der Waals surface area (Å²) in [5.74, 6) is -0.912. The van der Waals surface area contributed by atoms with Crippen molar-refractivity contribution >= 4 is 25.5 Å². The molecular formula is C45H74NO9P. The number of hydrogen-bond donors (Lipinski definition) is 2. The van der Waals surface area contributed by atoms with Gasteiger partial charge in [0.2, 0.25) is 0 Å². The zero-order valence-corrected chi connectivity index (χ0v) is 35.5. The van der Waals surface area contributed by atoms with Crippen molar-refractivity contribution in [3.8, 4) is 0 Å². The Kier molecular flexibility index (Phi) is 37.8. The predicted octanol–water partition coefficient (Wildman–Crippen LogP) is 11.2. The van der Waals surface area contributed by atoms with E-state index in [0.717, 1.165) is 57.8 Å². The Hall–Kier alpha value is -3.14. The van der Waals surface area contributed by atoms with E-state index in [1.807, 2.05) is 24.3 Å². The molecule has 0 aromatic heterocycles. The first-order valence-corrected chi connectivity index (χ1v) is 22.5. The molecule has 0 aromatic carbocycles. The van der Waals surface area contributed by atoms with Crippen molar-refractivity contribution in [2.24, 2.45) is 5.73 Å². The Balaban J connectivity index is 4.41. The zero-order valence-electron chi connectivity index (χ0n) is 34.6. The molecule has 0 fully saturated rings. The molecule has 0 aliphatic heterocycles. The average molecular weight is 804 g/mol. The highest BCUT2D eigenvalue weighted by atomic mass is 31.2. The summed E-state index contributed by atoms with van der Waals surface area (Å²) >= 11 is 0. The van der Waals surface area contributed by atoms with Gasteiger partial charge in [0.1, 0.15) is 6.61 Å². The SMILES string of the molecule is CCCCC/C=C\C=C\C(=O)CCCCCCCC(=O)OC[C@H](COP(=O)(O)OCCN)OC(=O)CC/C=C\C/C=C\C/C=C\C/C=C\C/C=C\CCCCC. The summed E-state index contributed by atoms with van der Waals surface area (Å²) in [5, 5.41) is 0. The molecule has 0 bridgehead atoms. The number of esters is 2. The van der Waals surface area contributed by atoms with Crippen molar-refractivity contribution in [3.63, 3.8) is 0 Å². The van der Waals surface area contributed by atoms with Crippen LogP contribution in [-0.2, 0) is 37.5 Å². The van der Waals surface area contributed by atoms with E-state index in [4.69, 9.17) is 24.3 Å². The highest BCUT2D eigenvalue weighted by molar-refractivity contribution is 7.47. The Morgan fingerprint density at radius 1 is 0.589 bits per heavy atom. The minimum Gasteiger partial charge on any atom is -0.462 e. The van der Waals surface area contributed by atoms with Gasteiger partial charge in [-0.2, -0.15) is 0 Å². The van der Waals surface area contributed by atoms with Crippen LogP contribution >= 0.6 is 7.82 Å². The molecule has 0 aliphatic rings. The molecule has 0 saturated carbocycles. The van der Waals surface area contributed by atoms with Crippen molar-refractivity contribution in [1.29, 1.82) is 0 Å². The molecule has 0 heterocycles. The average Bonchev–Trinajstić information content (AvgIpc) is 3.18. The third-order valence-electron chi connectivity index (χ3n) is 8.24. The van der Waals surface area contributed by atoms with Crippen LogP contribution in [0, 0.1) is 0 Å². The summed E-state index contributed by atoms with van der Waals surface area (Å²) in [7, 11) is -4.43. The van der Waals surface area contributed by atoms with Crippen molar-refractivity contribution in [1.82, 2.24) is 0 Å². The molecule has 0 aromatic rings. The molecule has 10 nitrogen and oxygen atoms in total. The number of ketones is 1. The number of phosphoric ester groups is 1. The maximum Gasteiger partial charge on any atom is 0.472 e.